The smallest absolute Gasteiger partial charge is 0.407 e. The molecule has 1 aromatic heterocycles. The number of unbranched alkanes of at least 4 members (excludes halogenated alkanes) is 1. The van der Waals surface area contributed by atoms with Crippen LogP contribution >= 0.6 is 22.6 Å². The molecule has 4 aromatic rings. The van der Waals surface area contributed by atoms with Crippen LogP contribution in [0.3, 0.4) is 0 Å². The summed E-state index contributed by atoms with van der Waals surface area (Å²) >= 11 is 2.25. The first kappa shape index (κ1) is 64.2. The van der Waals surface area contributed by atoms with Crippen LogP contribution in [-0.4, -0.2) is 124 Å². The number of nitrogens with zero attached hydrogens (tertiary/aromatic N) is 4. The highest BCUT2D eigenvalue weighted by atomic mass is 127. The van der Waals surface area contributed by atoms with E-state index in [0.29, 0.717) is 89.7 Å². The summed E-state index contributed by atoms with van der Waals surface area (Å²) in [4.78, 5) is 117. The maximum atomic E-state index is 13.6. The minimum absolute atomic E-state index is 0.0546. The topological polar surface area (TPSA) is 314 Å². The second-order valence-corrected chi connectivity index (χ2v) is 21.9. The predicted molar refractivity (Wildman–Crippen MR) is 328 cm³/mol. The summed E-state index contributed by atoms with van der Waals surface area (Å²) in [6, 6.07) is 18.5. The number of urea groups is 1. The van der Waals surface area contributed by atoms with E-state index >= 15 is 0 Å². The van der Waals surface area contributed by atoms with Gasteiger partial charge in [0.1, 0.15) is 24.5 Å². The molecule has 0 radical (unpaired) electrons. The molecule has 0 saturated heterocycles. The fraction of sp³-hybridized carbons (Fsp3) is 0.433. The van der Waals surface area contributed by atoms with Crippen molar-refractivity contribution in [2.75, 3.05) is 54.3 Å². The van der Waals surface area contributed by atoms with E-state index in [4.69, 9.17) is 16.2 Å². The van der Waals surface area contributed by atoms with Crippen molar-refractivity contribution in [1.29, 1.82) is 0 Å². The van der Waals surface area contributed by atoms with E-state index in [1.807, 2.05) is 43.0 Å². The maximum absolute atomic E-state index is 13.6. The van der Waals surface area contributed by atoms with Crippen molar-refractivity contribution in [2.45, 2.75) is 117 Å². The van der Waals surface area contributed by atoms with Crippen LogP contribution in [0.25, 0.3) is 6.08 Å². The van der Waals surface area contributed by atoms with Gasteiger partial charge in [0.25, 0.3) is 11.8 Å². The molecule has 0 unspecified atom stereocenters. The standard InChI is InChI=1S/C60H78IN13O9/c1-5-27-74(28-6-2)58(80)44-30-42-18-19-43(32-50(42)70-51(62)33-44)55(77)69-47-31-45-36-73(29-22-48(45)67-34-47)35-39-12-16-41(17-13-39)54(76)64-25-26-66-60(82)83-37-40-14-20-46(21-15-40)68-56(78)49(10-9-24-65-59(63)81)71-57(79)53(38(3)4)72-52(75)11-7-8-23-61/h12-21,30-32,34,38,49,53H,5-11,22-29,33,35-37H2,1-4H3,(H2,62,70)(H,64,76)(H,66,82)(H,68,78)(H,69,77)(H,71,79)(H,72,75)(H3,63,65,81)/t49-,53-/m0/s1. The van der Waals surface area contributed by atoms with Gasteiger partial charge in [-0.25, -0.2) is 14.6 Å². The van der Waals surface area contributed by atoms with Crippen molar-refractivity contribution in [3.63, 3.8) is 0 Å². The number of alkyl halides is 1. The number of hydrogen-bond donors (Lipinski definition) is 9. The van der Waals surface area contributed by atoms with Crippen LogP contribution in [0.15, 0.2) is 89.6 Å². The first-order chi connectivity index (χ1) is 39.9. The Morgan fingerprint density at radius 1 is 0.771 bits per heavy atom. The van der Waals surface area contributed by atoms with Crippen LogP contribution in [-0.2, 0) is 50.0 Å². The predicted octanol–water partition coefficient (Wildman–Crippen LogP) is 6.59. The molecule has 0 spiro atoms. The molecule has 0 aliphatic carbocycles. The zero-order valence-corrected chi connectivity index (χ0v) is 49.9. The van der Waals surface area contributed by atoms with E-state index in [1.54, 1.807) is 74.6 Å². The normalized spacial score (nSPS) is 13.5. The van der Waals surface area contributed by atoms with Crippen molar-refractivity contribution in [3.8, 4) is 0 Å². The average molecular weight is 1250 g/mol. The lowest BCUT2D eigenvalue weighted by Gasteiger charge is -2.28. The Morgan fingerprint density at radius 3 is 2.18 bits per heavy atom. The van der Waals surface area contributed by atoms with E-state index in [2.05, 4.69) is 74.7 Å². The van der Waals surface area contributed by atoms with Crippen molar-refractivity contribution >= 4 is 99.1 Å². The minimum atomic E-state index is -0.998. The Balaban J connectivity index is 0.912. The third-order valence-electron chi connectivity index (χ3n) is 13.7. The number of rotatable bonds is 29. The number of carbonyl (C=O) groups excluding carboxylic acids is 8. The molecule has 2 aliphatic rings. The molecule has 0 saturated carbocycles. The highest BCUT2D eigenvalue weighted by molar-refractivity contribution is 14.1. The summed E-state index contributed by atoms with van der Waals surface area (Å²) in [6.07, 6.45) is 7.83. The number of nitrogens with one attached hydrogen (secondary N) is 7. The van der Waals surface area contributed by atoms with Crippen molar-refractivity contribution in [2.24, 2.45) is 22.4 Å². The zero-order chi connectivity index (χ0) is 59.8. The molecule has 3 heterocycles. The van der Waals surface area contributed by atoms with Gasteiger partial charge in [-0.2, -0.15) is 0 Å². The number of hydrogen-bond acceptors (Lipinski definition) is 13. The number of amides is 9. The number of carbonyl (C=O) groups is 8. The van der Waals surface area contributed by atoms with Crippen LogP contribution in [0.5, 0.6) is 0 Å². The Labute approximate surface area is 498 Å². The summed E-state index contributed by atoms with van der Waals surface area (Å²) in [5.41, 5.74) is 18.7. The molecular weight excluding hydrogens is 1170 g/mol. The number of benzene rings is 3. The Hall–Kier alpha value is -7.93. The lowest BCUT2D eigenvalue weighted by molar-refractivity contribution is -0.132. The first-order valence-electron chi connectivity index (χ1n) is 28.3. The van der Waals surface area contributed by atoms with E-state index < -0.39 is 36.0 Å². The van der Waals surface area contributed by atoms with Gasteiger partial charge < -0.3 is 58.3 Å². The number of nitrogens with two attached hydrogens (primary N) is 2. The maximum Gasteiger partial charge on any atom is 0.407 e. The van der Waals surface area contributed by atoms with Gasteiger partial charge in [0.05, 0.1) is 17.6 Å². The van der Waals surface area contributed by atoms with Gasteiger partial charge in [-0.3, -0.25) is 38.7 Å². The Kier molecular flexibility index (Phi) is 25.3. The second kappa shape index (κ2) is 32.6. The molecule has 83 heavy (non-hydrogen) atoms. The zero-order valence-electron chi connectivity index (χ0n) is 47.7. The van der Waals surface area contributed by atoms with Gasteiger partial charge in [0.15, 0.2) is 0 Å². The molecule has 22 nitrogen and oxygen atoms in total. The van der Waals surface area contributed by atoms with Gasteiger partial charge in [-0.1, -0.05) is 80.6 Å². The van der Waals surface area contributed by atoms with Crippen LogP contribution in [0.4, 0.5) is 26.7 Å². The van der Waals surface area contributed by atoms with E-state index in [0.717, 1.165) is 53.5 Å². The molecule has 0 bridgehead atoms. The van der Waals surface area contributed by atoms with Crippen LogP contribution in [0.2, 0.25) is 0 Å². The largest absolute Gasteiger partial charge is 0.445 e. The quantitative estimate of drug-likeness (QED) is 0.0158. The van der Waals surface area contributed by atoms with Gasteiger partial charge in [-0.15, -0.1) is 0 Å². The number of aliphatic imine (C=N–C) groups is 1. The highest BCUT2D eigenvalue weighted by Gasteiger charge is 2.29. The number of anilines is 2. The highest BCUT2D eigenvalue weighted by Crippen LogP contribution is 2.30. The molecule has 11 N–H and O–H groups in total. The average Bonchev–Trinajstić information content (AvgIpc) is 3.97. The summed E-state index contributed by atoms with van der Waals surface area (Å²) in [6.45, 7) is 11.4. The summed E-state index contributed by atoms with van der Waals surface area (Å²) in [5, 5.41) is 19.3. The van der Waals surface area contributed by atoms with Crippen molar-refractivity contribution in [1.82, 2.24) is 41.4 Å². The lowest BCUT2D eigenvalue weighted by Crippen LogP contribution is -2.54. The number of alkyl carbamates (subject to hydrolysis) is 1. The number of ether oxygens (including phenoxy) is 1. The first-order valence-corrected chi connectivity index (χ1v) is 29.8. The number of amidine groups is 1. The number of halogens is 1. The molecule has 9 amide bonds. The number of aromatic nitrogens is 1. The molecule has 3 aromatic carbocycles. The third kappa shape index (κ3) is 20.5. The van der Waals surface area contributed by atoms with Crippen molar-refractivity contribution < 1.29 is 43.1 Å². The van der Waals surface area contributed by atoms with Crippen molar-refractivity contribution in [3.05, 3.63) is 124 Å². The van der Waals surface area contributed by atoms with E-state index in [1.165, 1.54) is 0 Å². The SMILES string of the molecule is CCCN(CCC)C(=O)C1=Cc2ccc(C(=O)Nc3cnc4c(c3)CN(Cc3ccc(C(=O)NCCNC(=O)OCc5ccc(NC(=O)[C@H](CCCNC(N)=O)NC(=O)[C@@H](NC(=O)CCCCI)C(C)C)cc5)cc3)CC4)cc2N=C(N)C1. The Bertz CT molecular complexity index is 2980. The fourth-order valence-electron chi connectivity index (χ4n) is 9.40. The van der Waals surface area contributed by atoms with E-state index in [9.17, 15) is 38.4 Å². The molecule has 2 aliphatic heterocycles. The van der Waals surface area contributed by atoms with Gasteiger partial charge in [-0.05, 0) is 114 Å². The fourth-order valence-corrected chi connectivity index (χ4v) is 9.94. The number of pyridine rings is 1. The van der Waals surface area contributed by atoms with Crippen LogP contribution in [0, 0.1) is 5.92 Å². The minimum Gasteiger partial charge on any atom is -0.445 e. The molecule has 6 rings (SSSR count). The third-order valence-corrected chi connectivity index (χ3v) is 14.5. The number of primary amides is 1. The molecule has 444 valence electrons. The molecule has 0 fully saturated rings. The summed E-state index contributed by atoms with van der Waals surface area (Å²) < 4.78 is 6.28. The summed E-state index contributed by atoms with van der Waals surface area (Å²) in [7, 11) is 0. The molecular formula is C60H78IN13O9. The summed E-state index contributed by atoms with van der Waals surface area (Å²) in [5.74, 6) is -1.89. The molecule has 23 heteroatoms. The van der Waals surface area contributed by atoms with Gasteiger partial charge >= 0.3 is 12.1 Å². The van der Waals surface area contributed by atoms with Gasteiger partial charge in [0, 0.05) is 105 Å². The van der Waals surface area contributed by atoms with Crippen LogP contribution < -0.4 is 48.7 Å². The lowest BCUT2D eigenvalue weighted by atomic mass is 10.0. The monoisotopic (exact) mass is 1250 g/mol. The van der Waals surface area contributed by atoms with E-state index in [-0.39, 0.29) is 75.1 Å². The van der Waals surface area contributed by atoms with Gasteiger partial charge in [0.2, 0.25) is 23.6 Å². The van der Waals surface area contributed by atoms with Crippen LogP contribution in [0.1, 0.15) is 128 Å². The Morgan fingerprint density at radius 2 is 1.48 bits per heavy atom. The molecule has 2 atom stereocenters. The number of fused-ring (bicyclic) bond motifs is 2. The second-order valence-electron chi connectivity index (χ2n) is 20.8.